The van der Waals surface area contributed by atoms with E-state index in [9.17, 15) is 4.79 Å². The minimum Gasteiger partial charge on any atom is -0.462 e. The van der Waals surface area contributed by atoms with Crippen molar-refractivity contribution in [2.24, 2.45) is 11.8 Å². The smallest absolute Gasteiger partial charge is 0.309 e. The molecule has 11 heavy (non-hydrogen) atoms. The molecule has 0 spiro atoms. The van der Waals surface area contributed by atoms with Gasteiger partial charge in [0.05, 0.1) is 18.1 Å². The Kier molecular flexibility index (Phi) is 0.876. The van der Waals surface area contributed by atoms with Crippen molar-refractivity contribution in [3.8, 4) is 0 Å². The summed E-state index contributed by atoms with van der Waals surface area (Å²) < 4.78 is 10.5. The van der Waals surface area contributed by atoms with Crippen molar-refractivity contribution < 1.29 is 14.3 Å². The molecule has 60 valence electrons. The second-order valence-electron chi connectivity index (χ2n) is 3.72. The molecule has 5 atom stereocenters. The molecule has 2 heterocycles. The lowest BCUT2D eigenvalue weighted by Gasteiger charge is -2.10. The summed E-state index contributed by atoms with van der Waals surface area (Å²) in [5.41, 5.74) is 0. The topological polar surface area (TPSA) is 38.8 Å². The van der Waals surface area contributed by atoms with Crippen molar-refractivity contribution in [1.29, 1.82) is 0 Å². The summed E-state index contributed by atoms with van der Waals surface area (Å²) in [5, 5.41) is 0. The van der Waals surface area contributed by atoms with Crippen LogP contribution in [0.5, 0.6) is 0 Å². The van der Waals surface area contributed by atoms with Crippen molar-refractivity contribution in [1.82, 2.24) is 0 Å². The molecule has 0 radical (unpaired) electrons. The zero-order valence-corrected chi connectivity index (χ0v) is 6.32. The van der Waals surface area contributed by atoms with Crippen LogP contribution in [0.25, 0.3) is 0 Å². The predicted molar refractivity (Wildman–Crippen MR) is 35.8 cm³/mol. The number of carbonyl (C=O) groups is 1. The normalized spacial score (nSPS) is 58.6. The number of hydrogen-bond acceptors (Lipinski definition) is 3. The highest BCUT2D eigenvalue weighted by atomic mass is 16.6. The standard InChI is InChI=1S/C8H10O3/c1-3-6-4(11-8(3)9)2-5-7(6)10-5/h3-7H,2H2,1H3/t3-,4+,5-,6+,7-/m0/s1. The summed E-state index contributed by atoms with van der Waals surface area (Å²) in [6.45, 7) is 1.94. The molecule has 3 rings (SSSR count). The highest BCUT2D eigenvalue weighted by molar-refractivity contribution is 5.75. The minimum atomic E-state index is -0.0334. The fourth-order valence-corrected chi connectivity index (χ4v) is 2.43. The van der Waals surface area contributed by atoms with Gasteiger partial charge in [0.15, 0.2) is 0 Å². The van der Waals surface area contributed by atoms with Crippen LogP contribution in [0.4, 0.5) is 0 Å². The second-order valence-corrected chi connectivity index (χ2v) is 3.72. The fourth-order valence-electron chi connectivity index (χ4n) is 2.43. The van der Waals surface area contributed by atoms with Crippen LogP contribution in [0.15, 0.2) is 0 Å². The zero-order valence-electron chi connectivity index (χ0n) is 6.32. The van der Waals surface area contributed by atoms with Gasteiger partial charge in [-0.05, 0) is 0 Å². The number of carbonyl (C=O) groups excluding carboxylic acids is 1. The van der Waals surface area contributed by atoms with Crippen molar-refractivity contribution >= 4 is 5.97 Å². The summed E-state index contributed by atoms with van der Waals surface area (Å²) in [6.07, 6.45) is 1.88. The first-order chi connectivity index (χ1) is 5.27. The Balaban J connectivity index is 1.92. The lowest BCUT2D eigenvalue weighted by Crippen LogP contribution is -2.19. The van der Waals surface area contributed by atoms with Crippen LogP contribution in [-0.4, -0.2) is 24.3 Å². The number of rotatable bonds is 0. The lowest BCUT2D eigenvalue weighted by atomic mass is 9.93. The quantitative estimate of drug-likeness (QED) is 0.373. The summed E-state index contributed by atoms with van der Waals surface area (Å²) >= 11 is 0. The van der Waals surface area contributed by atoms with Gasteiger partial charge in [0.25, 0.3) is 0 Å². The lowest BCUT2D eigenvalue weighted by molar-refractivity contribution is -0.144. The molecule has 0 bridgehead atoms. The Bertz CT molecular complexity index is 225. The Labute approximate surface area is 64.7 Å². The fraction of sp³-hybridized carbons (Fsp3) is 0.875. The van der Waals surface area contributed by atoms with Crippen LogP contribution in [0, 0.1) is 11.8 Å². The minimum absolute atomic E-state index is 0.0334. The molecule has 2 aliphatic heterocycles. The highest BCUT2D eigenvalue weighted by Crippen LogP contribution is 2.51. The van der Waals surface area contributed by atoms with Crippen molar-refractivity contribution in [3.05, 3.63) is 0 Å². The summed E-state index contributed by atoms with van der Waals surface area (Å²) in [4.78, 5) is 11.1. The van der Waals surface area contributed by atoms with Gasteiger partial charge in [0.2, 0.25) is 0 Å². The molecular weight excluding hydrogens is 144 g/mol. The third kappa shape index (κ3) is 0.601. The van der Waals surface area contributed by atoms with E-state index in [-0.39, 0.29) is 18.0 Å². The highest BCUT2D eigenvalue weighted by Gasteiger charge is 2.63. The number of epoxide rings is 1. The SMILES string of the molecule is C[C@@H]1C(=O)O[C@@H]2C[C@@H]3O[C@@H]3[C@H]12. The van der Waals surface area contributed by atoms with Crippen molar-refractivity contribution in [3.63, 3.8) is 0 Å². The molecular formula is C8H10O3. The molecule has 0 aromatic rings. The van der Waals surface area contributed by atoms with Crippen LogP contribution >= 0.6 is 0 Å². The summed E-state index contributed by atoms with van der Waals surface area (Å²) in [5.74, 6) is 0.402. The van der Waals surface area contributed by atoms with E-state index in [0.717, 1.165) is 6.42 Å². The van der Waals surface area contributed by atoms with Gasteiger partial charge in [-0.2, -0.15) is 0 Å². The van der Waals surface area contributed by atoms with Crippen molar-refractivity contribution in [2.45, 2.75) is 31.7 Å². The molecule has 3 heteroatoms. The van der Waals surface area contributed by atoms with E-state index in [4.69, 9.17) is 9.47 Å². The van der Waals surface area contributed by atoms with E-state index in [1.807, 2.05) is 6.92 Å². The van der Waals surface area contributed by atoms with Gasteiger partial charge in [-0.1, -0.05) is 6.92 Å². The monoisotopic (exact) mass is 154 g/mol. The Morgan fingerprint density at radius 2 is 2.27 bits per heavy atom. The van der Waals surface area contributed by atoms with Gasteiger partial charge in [0, 0.05) is 12.3 Å². The number of fused-ring (bicyclic) bond motifs is 3. The first-order valence-electron chi connectivity index (χ1n) is 4.13. The van der Waals surface area contributed by atoms with Crippen LogP contribution < -0.4 is 0 Å². The third-order valence-electron chi connectivity index (χ3n) is 3.11. The molecule has 1 saturated carbocycles. The molecule has 1 aliphatic carbocycles. The van der Waals surface area contributed by atoms with Crippen LogP contribution in [-0.2, 0) is 14.3 Å². The van der Waals surface area contributed by atoms with E-state index in [0.29, 0.717) is 18.1 Å². The van der Waals surface area contributed by atoms with Gasteiger partial charge in [0.1, 0.15) is 6.10 Å². The van der Waals surface area contributed by atoms with Gasteiger partial charge in [-0.25, -0.2) is 0 Å². The van der Waals surface area contributed by atoms with Crippen LogP contribution in [0.2, 0.25) is 0 Å². The molecule has 0 unspecified atom stereocenters. The molecule has 0 aromatic heterocycles. The first-order valence-corrected chi connectivity index (χ1v) is 4.13. The first kappa shape index (κ1) is 6.00. The number of hydrogen-bond donors (Lipinski definition) is 0. The van der Waals surface area contributed by atoms with Gasteiger partial charge in [-0.15, -0.1) is 0 Å². The average molecular weight is 154 g/mol. The Hall–Kier alpha value is -0.570. The van der Waals surface area contributed by atoms with Gasteiger partial charge < -0.3 is 9.47 Å². The summed E-state index contributed by atoms with van der Waals surface area (Å²) in [7, 11) is 0. The van der Waals surface area contributed by atoms with Crippen LogP contribution in [0.3, 0.4) is 0 Å². The molecule has 2 saturated heterocycles. The largest absolute Gasteiger partial charge is 0.462 e. The van der Waals surface area contributed by atoms with Gasteiger partial charge in [-0.3, -0.25) is 4.79 Å². The summed E-state index contributed by atoms with van der Waals surface area (Å²) in [6, 6.07) is 0. The molecule has 3 fully saturated rings. The maximum absolute atomic E-state index is 11.1. The predicted octanol–water partition coefficient (Wildman–Crippen LogP) is 0.335. The van der Waals surface area contributed by atoms with E-state index in [1.54, 1.807) is 0 Å². The molecule has 3 nitrogen and oxygen atoms in total. The Morgan fingerprint density at radius 1 is 1.45 bits per heavy atom. The Morgan fingerprint density at radius 3 is 3.00 bits per heavy atom. The maximum atomic E-state index is 11.1. The van der Waals surface area contributed by atoms with Crippen LogP contribution in [0.1, 0.15) is 13.3 Å². The van der Waals surface area contributed by atoms with Crippen molar-refractivity contribution in [2.75, 3.05) is 0 Å². The maximum Gasteiger partial charge on any atom is 0.309 e. The van der Waals surface area contributed by atoms with E-state index in [1.165, 1.54) is 0 Å². The van der Waals surface area contributed by atoms with Gasteiger partial charge >= 0.3 is 5.97 Å². The third-order valence-corrected chi connectivity index (χ3v) is 3.11. The second kappa shape index (κ2) is 1.61. The van der Waals surface area contributed by atoms with E-state index in [2.05, 4.69) is 0 Å². The number of esters is 1. The number of ether oxygens (including phenoxy) is 2. The molecule has 3 aliphatic rings. The zero-order chi connectivity index (χ0) is 7.59. The molecule has 0 amide bonds. The average Bonchev–Trinajstić information content (AvgIpc) is 2.53. The van der Waals surface area contributed by atoms with E-state index >= 15 is 0 Å². The van der Waals surface area contributed by atoms with E-state index < -0.39 is 0 Å². The molecule has 0 aromatic carbocycles. The molecule has 0 N–H and O–H groups in total.